The Morgan fingerprint density at radius 2 is 1.48 bits per heavy atom. The molecule has 0 radical (unpaired) electrons. The van der Waals surface area contributed by atoms with Crippen LogP contribution < -0.4 is 5.32 Å². The lowest BCUT2D eigenvalue weighted by atomic mass is 10.4. The van der Waals surface area contributed by atoms with Crippen molar-refractivity contribution < 1.29 is 22.5 Å². The molecule has 0 aliphatic rings. The molecule has 6 nitrogen and oxygen atoms in total. The second kappa shape index (κ2) is 12.9. The standard InChI is InChI=1S/C18H41NO5Si3/c1-9-11-16-25(3,4)23-27(7,8)24-26(5,6)17-12-13-21-14-15-22-18(20)19-10-2/h10H,2,9,11-17H2,1,3-8H3,(H,19,20). The van der Waals surface area contributed by atoms with Crippen molar-refractivity contribution in [3.05, 3.63) is 12.8 Å². The van der Waals surface area contributed by atoms with E-state index in [4.69, 9.17) is 17.7 Å². The molecule has 0 saturated carbocycles. The maximum Gasteiger partial charge on any atom is 0.411 e. The summed E-state index contributed by atoms with van der Waals surface area (Å²) in [5, 5.41) is 2.35. The van der Waals surface area contributed by atoms with Gasteiger partial charge in [0.05, 0.1) is 6.61 Å². The Balaban J connectivity index is 4.10. The fourth-order valence-corrected chi connectivity index (χ4v) is 17.3. The van der Waals surface area contributed by atoms with Crippen LogP contribution in [0.4, 0.5) is 4.79 Å². The molecule has 0 aromatic heterocycles. The van der Waals surface area contributed by atoms with Gasteiger partial charge in [0.2, 0.25) is 0 Å². The minimum absolute atomic E-state index is 0.238. The second-order valence-electron chi connectivity index (χ2n) is 8.43. The first-order chi connectivity index (χ1) is 12.4. The lowest BCUT2D eigenvalue weighted by Crippen LogP contribution is -2.52. The number of nitrogens with one attached hydrogen (secondary N) is 1. The lowest BCUT2D eigenvalue weighted by molar-refractivity contribution is 0.0742. The molecule has 0 saturated heterocycles. The van der Waals surface area contributed by atoms with Gasteiger partial charge < -0.3 is 17.7 Å². The van der Waals surface area contributed by atoms with E-state index in [0.717, 1.165) is 12.5 Å². The van der Waals surface area contributed by atoms with Gasteiger partial charge in [-0.2, -0.15) is 0 Å². The number of carbonyl (C=O) groups is 1. The number of unbranched alkanes of at least 4 members (excludes halogenated alkanes) is 1. The van der Waals surface area contributed by atoms with Crippen molar-refractivity contribution in [1.29, 1.82) is 0 Å². The van der Waals surface area contributed by atoms with Crippen molar-refractivity contribution in [2.24, 2.45) is 0 Å². The van der Waals surface area contributed by atoms with Crippen molar-refractivity contribution in [3.63, 3.8) is 0 Å². The quantitative estimate of drug-likeness (QED) is 0.282. The minimum atomic E-state index is -2.12. The molecule has 0 rings (SSSR count). The van der Waals surface area contributed by atoms with E-state index < -0.39 is 31.3 Å². The van der Waals surface area contributed by atoms with Crippen molar-refractivity contribution in [2.45, 2.75) is 77.6 Å². The van der Waals surface area contributed by atoms with Crippen LogP contribution in [0.15, 0.2) is 12.8 Å². The Labute approximate surface area is 169 Å². The number of rotatable bonds is 15. The highest BCUT2D eigenvalue weighted by Crippen LogP contribution is 2.26. The molecule has 0 atom stereocenters. The van der Waals surface area contributed by atoms with Gasteiger partial charge in [0.25, 0.3) is 0 Å². The van der Waals surface area contributed by atoms with Gasteiger partial charge in [0, 0.05) is 6.61 Å². The van der Waals surface area contributed by atoms with Crippen LogP contribution in [-0.2, 0) is 17.7 Å². The number of hydrogen-bond donors (Lipinski definition) is 1. The van der Waals surface area contributed by atoms with Gasteiger partial charge in [-0.05, 0) is 64.0 Å². The third kappa shape index (κ3) is 15.2. The average molecular weight is 436 g/mol. The summed E-state index contributed by atoms with van der Waals surface area (Å²) in [6.07, 6.45) is 4.18. The van der Waals surface area contributed by atoms with E-state index in [2.05, 4.69) is 58.1 Å². The Morgan fingerprint density at radius 1 is 0.926 bits per heavy atom. The largest absolute Gasteiger partial charge is 0.447 e. The van der Waals surface area contributed by atoms with E-state index in [1.165, 1.54) is 25.1 Å². The van der Waals surface area contributed by atoms with Gasteiger partial charge >= 0.3 is 14.7 Å². The summed E-state index contributed by atoms with van der Waals surface area (Å²) in [5.41, 5.74) is 0. The molecule has 27 heavy (non-hydrogen) atoms. The van der Waals surface area contributed by atoms with E-state index in [1.54, 1.807) is 0 Å². The van der Waals surface area contributed by atoms with Crippen molar-refractivity contribution in [3.8, 4) is 0 Å². The van der Waals surface area contributed by atoms with Gasteiger partial charge in [-0.15, -0.1) is 0 Å². The molecule has 0 spiro atoms. The van der Waals surface area contributed by atoms with Gasteiger partial charge in [-0.3, -0.25) is 5.32 Å². The van der Waals surface area contributed by atoms with Gasteiger partial charge in [0.15, 0.2) is 16.6 Å². The van der Waals surface area contributed by atoms with Crippen LogP contribution in [0.3, 0.4) is 0 Å². The highest BCUT2D eigenvalue weighted by molar-refractivity contribution is 6.87. The molecule has 0 aromatic carbocycles. The highest BCUT2D eigenvalue weighted by atomic mass is 28.5. The molecular weight excluding hydrogens is 394 g/mol. The molecule has 1 amide bonds. The van der Waals surface area contributed by atoms with Gasteiger partial charge in [-0.1, -0.05) is 26.3 Å². The molecule has 0 bridgehead atoms. The molecule has 0 aliphatic heterocycles. The summed E-state index contributed by atoms with van der Waals surface area (Å²) in [6.45, 7) is 20.4. The fraction of sp³-hybridized carbons (Fsp3) is 0.833. The molecule has 0 fully saturated rings. The van der Waals surface area contributed by atoms with Crippen molar-refractivity contribution >= 4 is 31.3 Å². The van der Waals surface area contributed by atoms with E-state index in [9.17, 15) is 4.79 Å². The zero-order chi connectivity index (χ0) is 21.0. The molecular formula is C18H41NO5Si3. The first kappa shape index (κ1) is 26.5. The van der Waals surface area contributed by atoms with Crippen LogP contribution in [0, 0.1) is 0 Å². The van der Waals surface area contributed by atoms with E-state index >= 15 is 0 Å². The Hall–Kier alpha value is -0.459. The first-order valence-corrected chi connectivity index (χ1v) is 19.0. The zero-order valence-electron chi connectivity index (χ0n) is 18.5. The normalized spacial score (nSPS) is 12.7. The van der Waals surface area contributed by atoms with E-state index in [-0.39, 0.29) is 6.61 Å². The first-order valence-electron chi connectivity index (χ1n) is 9.95. The molecule has 1 N–H and O–H groups in total. The Bertz CT molecular complexity index is 445. The molecule has 0 unspecified atom stereocenters. The Morgan fingerprint density at radius 3 is 2.00 bits per heavy atom. The summed E-state index contributed by atoms with van der Waals surface area (Å²) in [7, 11) is -5.56. The molecule has 160 valence electrons. The fourth-order valence-electron chi connectivity index (χ4n) is 3.08. The van der Waals surface area contributed by atoms with Crippen LogP contribution in [0.2, 0.25) is 51.4 Å². The lowest BCUT2D eigenvalue weighted by Gasteiger charge is -2.38. The van der Waals surface area contributed by atoms with Gasteiger partial charge in [-0.25, -0.2) is 4.79 Å². The van der Waals surface area contributed by atoms with E-state index in [0.29, 0.717) is 13.2 Å². The summed E-state index contributed by atoms with van der Waals surface area (Å²) in [6, 6.07) is 2.23. The number of amides is 1. The summed E-state index contributed by atoms with van der Waals surface area (Å²) < 4.78 is 23.6. The summed E-state index contributed by atoms with van der Waals surface area (Å²) >= 11 is 0. The summed E-state index contributed by atoms with van der Waals surface area (Å²) in [5.74, 6) is 0. The predicted octanol–water partition coefficient (Wildman–Crippen LogP) is 5.21. The molecule has 9 heteroatoms. The van der Waals surface area contributed by atoms with Crippen LogP contribution in [0.5, 0.6) is 0 Å². The third-order valence-corrected chi connectivity index (χ3v) is 15.4. The summed E-state index contributed by atoms with van der Waals surface area (Å²) in [4.78, 5) is 11.1. The smallest absolute Gasteiger partial charge is 0.411 e. The monoisotopic (exact) mass is 435 g/mol. The topological polar surface area (TPSA) is 66.0 Å². The number of hydrogen-bond acceptors (Lipinski definition) is 5. The van der Waals surface area contributed by atoms with Crippen LogP contribution in [0.25, 0.3) is 0 Å². The highest BCUT2D eigenvalue weighted by Gasteiger charge is 2.39. The molecule has 0 aliphatic carbocycles. The van der Waals surface area contributed by atoms with Crippen LogP contribution >= 0.6 is 0 Å². The minimum Gasteiger partial charge on any atom is -0.447 e. The second-order valence-corrected chi connectivity index (χ2v) is 20.9. The number of ether oxygens (including phenoxy) is 2. The SMILES string of the molecule is C=CNC(=O)OCCOCCC[Si](C)(C)O[Si](C)(C)O[Si](C)(C)CCCC. The average Bonchev–Trinajstić information content (AvgIpc) is 2.50. The maximum atomic E-state index is 11.1. The van der Waals surface area contributed by atoms with Crippen LogP contribution in [-0.4, -0.2) is 51.1 Å². The van der Waals surface area contributed by atoms with Crippen LogP contribution in [0.1, 0.15) is 26.2 Å². The van der Waals surface area contributed by atoms with Gasteiger partial charge in [0.1, 0.15) is 6.61 Å². The Kier molecular flexibility index (Phi) is 12.7. The number of alkyl carbamates (subject to hydrolysis) is 1. The van der Waals surface area contributed by atoms with Crippen molar-refractivity contribution in [1.82, 2.24) is 5.32 Å². The maximum absolute atomic E-state index is 11.1. The van der Waals surface area contributed by atoms with Crippen molar-refractivity contribution in [2.75, 3.05) is 19.8 Å². The predicted molar refractivity (Wildman–Crippen MR) is 119 cm³/mol. The number of carbonyl (C=O) groups excluding carboxylic acids is 1. The molecule has 0 heterocycles. The molecule has 0 aromatic rings. The third-order valence-electron chi connectivity index (χ3n) is 3.92. The van der Waals surface area contributed by atoms with E-state index in [1.807, 2.05) is 0 Å². The zero-order valence-corrected chi connectivity index (χ0v) is 21.5.